The summed E-state index contributed by atoms with van der Waals surface area (Å²) in [5.41, 5.74) is 2.15. The summed E-state index contributed by atoms with van der Waals surface area (Å²) < 4.78 is 0. The van der Waals surface area contributed by atoms with Gasteiger partial charge in [-0.15, -0.1) is 10.2 Å². The topological polar surface area (TPSA) is 66.9 Å². The predicted molar refractivity (Wildman–Crippen MR) is 84.6 cm³/mol. The van der Waals surface area contributed by atoms with Crippen LogP contribution in [0.15, 0.2) is 36.4 Å². The van der Waals surface area contributed by atoms with Crippen LogP contribution >= 0.6 is 0 Å². The van der Waals surface area contributed by atoms with Crippen molar-refractivity contribution in [2.45, 2.75) is 27.2 Å². The van der Waals surface area contributed by atoms with Crippen LogP contribution in [0.3, 0.4) is 0 Å². The van der Waals surface area contributed by atoms with Gasteiger partial charge in [-0.25, -0.2) is 0 Å². The van der Waals surface area contributed by atoms with E-state index in [2.05, 4.69) is 20.8 Å². The number of amides is 1. The lowest BCUT2D eigenvalue weighted by Gasteiger charge is -2.08. The van der Waals surface area contributed by atoms with Gasteiger partial charge in [-0.1, -0.05) is 31.5 Å². The van der Waals surface area contributed by atoms with Crippen LogP contribution in [0.1, 0.15) is 25.8 Å². The Labute approximate surface area is 124 Å². The summed E-state index contributed by atoms with van der Waals surface area (Å²) in [6.45, 7) is 6.04. The molecule has 1 heterocycles. The van der Waals surface area contributed by atoms with Gasteiger partial charge in [0.15, 0.2) is 11.6 Å². The summed E-state index contributed by atoms with van der Waals surface area (Å²) in [5.74, 6) is 1.38. The van der Waals surface area contributed by atoms with Gasteiger partial charge in [0.2, 0.25) is 5.91 Å². The largest absolute Gasteiger partial charge is 0.339 e. The van der Waals surface area contributed by atoms with Crippen LogP contribution in [0.5, 0.6) is 0 Å². The zero-order chi connectivity index (χ0) is 15.2. The van der Waals surface area contributed by atoms with Gasteiger partial charge in [0.25, 0.3) is 0 Å². The lowest BCUT2D eigenvalue weighted by Crippen LogP contribution is -2.15. The smallest absolute Gasteiger partial charge is 0.225 e. The van der Waals surface area contributed by atoms with Gasteiger partial charge in [0.1, 0.15) is 0 Å². The van der Waals surface area contributed by atoms with Crippen LogP contribution in [-0.4, -0.2) is 16.1 Å². The summed E-state index contributed by atoms with van der Waals surface area (Å²) >= 11 is 0. The van der Waals surface area contributed by atoms with Crippen molar-refractivity contribution in [2.24, 2.45) is 5.92 Å². The third-order valence-corrected chi connectivity index (χ3v) is 2.85. The molecule has 5 nitrogen and oxygen atoms in total. The van der Waals surface area contributed by atoms with Crippen molar-refractivity contribution in [3.05, 3.63) is 42.0 Å². The zero-order valence-electron chi connectivity index (χ0n) is 12.6. The maximum atomic E-state index is 11.6. The van der Waals surface area contributed by atoms with Gasteiger partial charge in [0, 0.05) is 12.1 Å². The van der Waals surface area contributed by atoms with E-state index in [1.165, 1.54) is 5.56 Å². The molecule has 0 saturated heterocycles. The third kappa shape index (κ3) is 4.87. The van der Waals surface area contributed by atoms with Gasteiger partial charge < -0.3 is 10.6 Å². The quantitative estimate of drug-likeness (QED) is 0.881. The fraction of sp³-hybridized carbons (Fsp3) is 0.312. The van der Waals surface area contributed by atoms with E-state index in [0.717, 1.165) is 5.69 Å². The number of aryl methyl sites for hydroxylation is 1. The number of carbonyl (C=O) groups excluding carboxylic acids is 1. The Hall–Kier alpha value is -2.43. The highest BCUT2D eigenvalue weighted by molar-refractivity contribution is 5.89. The van der Waals surface area contributed by atoms with E-state index in [1.54, 1.807) is 12.1 Å². The second-order valence-corrected chi connectivity index (χ2v) is 5.44. The van der Waals surface area contributed by atoms with Crippen molar-refractivity contribution in [3.8, 4) is 0 Å². The molecule has 110 valence electrons. The van der Waals surface area contributed by atoms with Gasteiger partial charge in [0.05, 0.1) is 0 Å². The highest BCUT2D eigenvalue weighted by Gasteiger charge is 2.06. The second-order valence-electron chi connectivity index (χ2n) is 5.44. The molecule has 0 aliphatic carbocycles. The molecule has 1 aromatic heterocycles. The lowest BCUT2D eigenvalue weighted by molar-refractivity contribution is -0.116. The van der Waals surface area contributed by atoms with Crippen molar-refractivity contribution in [1.82, 2.24) is 10.2 Å². The molecule has 0 aliphatic rings. The molecule has 21 heavy (non-hydrogen) atoms. The number of nitrogens with one attached hydrogen (secondary N) is 2. The molecule has 0 bridgehead atoms. The molecule has 1 aromatic carbocycles. The van der Waals surface area contributed by atoms with E-state index in [1.807, 2.05) is 45.0 Å². The normalized spacial score (nSPS) is 10.5. The average molecular weight is 284 g/mol. The van der Waals surface area contributed by atoms with Gasteiger partial charge >= 0.3 is 0 Å². The number of anilines is 3. The maximum absolute atomic E-state index is 11.6. The molecule has 0 aliphatic heterocycles. The van der Waals surface area contributed by atoms with Crippen LogP contribution in [0.4, 0.5) is 17.3 Å². The molecule has 2 aromatic rings. The Balaban J connectivity index is 1.95. The van der Waals surface area contributed by atoms with Crippen LogP contribution in [-0.2, 0) is 4.79 Å². The Morgan fingerprint density at radius 2 is 1.67 bits per heavy atom. The highest BCUT2D eigenvalue weighted by Crippen LogP contribution is 2.15. The summed E-state index contributed by atoms with van der Waals surface area (Å²) in [4.78, 5) is 11.6. The molecule has 1 amide bonds. The number of carbonyl (C=O) groups is 1. The molecule has 0 radical (unpaired) electrons. The number of hydrogen-bond acceptors (Lipinski definition) is 4. The summed E-state index contributed by atoms with van der Waals surface area (Å²) in [6, 6.07) is 11.5. The van der Waals surface area contributed by atoms with Gasteiger partial charge in [-0.05, 0) is 37.1 Å². The fourth-order valence-electron chi connectivity index (χ4n) is 1.82. The Morgan fingerprint density at radius 3 is 2.24 bits per heavy atom. The highest BCUT2D eigenvalue weighted by atomic mass is 16.1. The number of hydrogen-bond donors (Lipinski definition) is 2. The summed E-state index contributed by atoms with van der Waals surface area (Å²) in [7, 11) is 0. The molecule has 0 spiro atoms. The summed E-state index contributed by atoms with van der Waals surface area (Å²) in [6.07, 6.45) is 0.477. The first kappa shape index (κ1) is 15.0. The number of aromatic nitrogens is 2. The molecular formula is C16H20N4O. The fourth-order valence-corrected chi connectivity index (χ4v) is 1.82. The van der Waals surface area contributed by atoms with E-state index in [9.17, 15) is 4.79 Å². The standard InChI is InChI=1S/C16H20N4O/c1-11(2)10-16(21)18-15-9-8-14(19-20-15)17-13-6-4-12(3)5-7-13/h4-9,11H,10H2,1-3H3,(H,17,19)(H,18,20,21). The van der Waals surface area contributed by atoms with Crippen molar-refractivity contribution >= 4 is 23.2 Å². The van der Waals surface area contributed by atoms with Gasteiger partial charge in [-0.2, -0.15) is 0 Å². The second kappa shape index (κ2) is 6.83. The number of benzene rings is 1. The van der Waals surface area contributed by atoms with E-state index in [4.69, 9.17) is 0 Å². The Kier molecular flexibility index (Phi) is 4.87. The third-order valence-electron chi connectivity index (χ3n) is 2.85. The Morgan fingerprint density at radius 1 is 1.05 bits per heavy atom. The van der Waals surface area contributed by atoms with Crippen LogP contribution in [0, 0.1) is 12.8 Å². The molecule has 0 fully saturated rings. The van der Waals surface area contributed by atoms with Crippen LogP contribution in [0.25, 0.3) is 0 Å². The maximum Gasteiger partial charge on any atom is 0.225 e. The minimum Gasteiger partial charge on any atom is -0.339 e. The molecule has 0 atom stereocenters. The van der Waals surface area contributed by atoms with Crippen molar-refractivity contribution in [2.75, 3.05) is 10.6 Å². The van der Waals surface area contributed by atoms with Crippen LogP contribution in [0.2, 0.25) is 0 Å². The van der Waals surface area contributed by atoms with Crippen molar-refractivity contribution in [1.29, 1.82) is 0 Å². The first-order valence-corrected chi connectivity index (χ1v) is 7.00. The summed E-state index contributed by atoms with van der Waals surface area (Å²) in [5, 5.41) is 13.9. The average Bonchev–Trinajstić information content (AvgIpc) is 2.42. The number of rotatable bonds is 5. The molecule has 5 heteroatoms. The van der Waals surface area contributed by atoms with E-state index >= 15 is 0 Å². The zero-order valence-corrected chi connectivity index (χ0v) is 12.6. The van der Waals surface area contributed by atoms with E-state index < -0.39 is 0 Å². The first-order valence-electron chi connectivity index (χ1n) is 7.00. The minimum absolute atomic E-state index is 0.0430. The van der Waals surface area contributed by atoms with Crippen LogP contribution < -0.4 is 10.6 Å². The van der Waals surface area contributed by atoms with E-state index in [-0.39, 0.29) is 5.91 Å². The van der Waals surface area contributed by atoms with Crippen molar-refractivity contribution < 1.29 is 4.79 Å². The Bertz CT molecular complexity index is 591. The minimum atomic E-state index is -0.0430. The molecular weight excluding hydrogens is 264 g/mol. The predicted octanol–water partition coefficient (Wildman–Crippen LogP) is 3.51. The molecule has 0 saturated carbocycles. The van der Waals surface area contributed by atoms with Crippen molar-refractivity contribution in [3.63, 3.8) is 0 Å². The van der Waals surface area contributed by atoms with E-state index in [0.29, 0.717) is 24.0 Å². The first-order chi connectivity index (χ1) is 10.0. The molecule has 2 rings (SSSR count). The van der Waals surface area contributed by atoms with Gasteiger partial charge in [-0.3, -0.25) is 4.79 Å². The SMILES string of the molecule is Cc1ccc(Nc2ccc(NC(=O)CC(C)C)nn2)cc1. The number of nitrogens with zero attached hydrogens (tertiary/aromatic N) is 2. The molecule has 0 unspecified atom stereocenters. The lowest BCUT2D eigenvalue weighted by atomic mass is 10.1. The molecule has 2 N–H and O–H groups in total. The monoisotopic (exact) mass is 284 g/mol.